The maximum atomic E-state index is 11.1. The zero-order valence-electron chi connectivity index (χ0n) is 12.2. The minimum Gasteiger partial charge on any atom is -0.478 e. The fourth-order valence-corrected chi connectivity index (χ4v) is 1.87. The van der Waals surface area contributed by atoms with Crippen LogP contribution in [0.2, 0.25) is 0 Å². The Morgan fingerprint density at radius 2 is 2.24 bits per heavy atom. The number of nitrogens with zero attached hydrogens (tertiary/aromatic N) is 4. The lowest BCUT2D eigenvalue weighted by molar-refractivity contribution is 0.0696. The van der Waals surface area contributed by atoms with Crippen LogP contribution in [0.5, 0.6) is 0 Å². The molecule has 2 aromatic heterocycles. The minimum absolute atomic E-state index is 0.181. The van der Waals surface area contributed by atoms with Crippen molar-refractivity contribution in [3.05, 3.63) is 35.8 Å². The van der Waals surface area contributed by atoms with E-state index in [0.717, 1.165) is 18.7 Å². The number of aryl methyl sites for hydroxylation is 1. The number of rotatable bonds is 7. The van der Waals surface area contributed by atoms with Crippen LogP contribution >= 0.6 is 0 Å². The Hall–Kier alpha value is -2.44. The van der Waals surface area contributed by atoms with Gasteiger partial charge in [-0.3, -0.25) is 4.68 Å². The van der Waals surface area contributed by atoms with Crippen LogP contribution in [-0.4, -0.2) is 37.6 Å². The molecule has 2 N–H and O–H groups in total. The van der Waals surface area contributed by atoms with Gasteiger partial charge >= 0.3 is 5.97 Å². The molecule has 21 heavy (non-hydrogen) atoms. The first kappa shape index (κ1) is 15.0. The quantitative estimate of drug-likeness (QED) is 0.757. The van der Waals surface area contributed by atoms with E-state index in [4.69, 9.17) is 5.11 Å². The Morgan fingerprint density at radius 1 is 1.43 bits per heavy atom. The van der Waals surface area contributed by atoms with Gasteiger partial charge in [-0.1, -0.05) is 19.1 Å². The second-order valence-corrected chi connectivity index (χ2v) is 5.07. The van der Waals surface area contributed by atoms with Gasteiger partial charge in [0, 0.05) is 25.0 Å². The Labute approximate surface area is 123 Å². The van der Waals surface area contributed by atoms with E-state index in [1.54, 1.807) is 29.2 Å². The van der Waals surface area contributed by atoms with Crippen LogP contribution in [0, 0.1) is 0 Å². The number of carboxylic acid groups (broad SMARTS) is 1. The number of carbonyl (C=O) groups is 1. The predicted octanol–water partition coefficient (Wildman–Crippen LogP) is 2.00. The molecule has 112 valence electrons. The SMILES string of the molecule is CC(C)c1cc(C(=O)O)cc(NCCCn2ccnn2)n1. The van der Waals surface area contributed by atoms with Crippen LogP contribution in [0.25, 0.3) is 0 Å². The summed E-state index contributed by atoms with van der Waals surface area (Å²) in [6.07, 6.45) is 4.29. The number of hydrogen-bond acceptors (Lipinski definition) is 5. The maximum Gasteiger partial charge on any atom is 0.335 e. The van der Waals surface area contributed by atoms with E-state index in [9.17, 15) is 4.79 Å². The first-order valence-corrected chi connectivity index (χ1v) is 6.89. The number of aromatic nitrogens is 4. The highest BCUT2D eigenvalue weighted by molar-refractivity contribution is 5.88. The summed E-state index contributed by atoms with van der Waals surface area (Å²) in [5.74, 6) is -0.165. The Bertz CT molecular complexity index is 595. The normalized spacial score (nSPS) is 10.8. The summed E-state index contributed by atoms with van der Waals surface area (Å²) in [6.45, 7) is 5.42. The molecular weight excluding hydrogens is 270 g/mol. The van der Waals surface area contributed by atoms with Crippen LogP contribution in [0.3, 0.4) is 0 Å². The number of carboxylic acids is 1. The van der Waals surface area contributed by atoms with Gasteiger partial charge in [0.15, 0.2) is 0 Å². The average Bonchev–Trinajstić information content (AvgIpc) is 2.96. The summed E-state index contributed by atoms with van der Waals surface area (Å²) < 4.78 is 1.75. The molecule has 0 saturated carbocycles. The van der Waals surface area contributed by atoms with Crippen LogP contribution in [0.1, 0.15) is 42.2 Å². The third-order valence-electron chi connectivity index (χ3n) is 3.03. The van der Waals surface area contributed by atoms with Gasteiger partial charge in [0.05, 0.1) is 11.8 Å². The molecule has 0 amide bonds. The number of pyridine rings is 1. The monoisotopic (exact) mass is 289 g/mol. The van der Waals surface area contributed by atoms with E-state index in [1.807, 2.05) is 13.8 Å². The van der Waals surface area contributed by atoms with Gasteiger partial charge in [-0.15, -0.1) is 5.10 Å². The smallest absolute Gasteiger partial charge is 0.335 e. The number of hydrogen-bond donors (Lipinski definition) is 2. The topological polar surface area (TPSA) is 92.9 Å². The van der Waals surface area contributed by atoms with Crippen molar-refractivity contribution in [1.29, 1.82) is 0 Å². The second kappa shape index (κ2) is 6.83. The van der Waals surface area contributed by atoms with Crippen molar-refractivity contribution in [2.45, 2.75) is 32.7 Å². The molecule has 0 aliphatic rings. The molecule has 2 aromatic rings. The van der Waals surface area contributed by atoms with Gasteiger partial charge < -0.3 is 10.4 Å². The zero-order chi connectivity index (χ0) is 15.2. The van der Waals surface area contributed by atoms with Gasteiger partial charge in [-0.25, -0.2) is 9.78 Å². The molecule has 0 spiro atoms. The molecule has 0 saturated heterocycles. The second-order valence-electron chi connectivity index (χ2n) is 5.07. The Morgan fingerprint density at radius 3 is 2.86 bits per heavy atom. The Balaban J connectivity index is 1.96. The van der Waals surface area contributed by atoms with Crippen molar-refractivity contribution < 1.29 is 9.90 Å². The van der Waals surface area contributed by atoms with Gasteiger partial charge in [0.25, 0.3) is 0 Å². The minimum atomic E-state index is -0.940. The van der Waals surface area contributed by atoms with Crippen LogP contribution < -0.4 is 5.32 Å². The van der Waals surface area contributed by atoms with Gasteiger partial charge in [-0.05, 0) is 24.5 Å². The molecular formula is C14H19N5O2. The van der Waals surface area contributed by atoms with Crippen molar-refractivity contribution in [2.75, 3.05) is 11.9 Å². The van der Waals surface area contributed by atoms with E-state index < -0.39 is 5.97 Å². The molecule has 0 aliphatic carbocycles. The third kappa shape index (κ3) is 4.27. The fraction of sp³-hybridized carbons (Fsp3) is 0.429. The van der Waals surface area contributed by atoms with Crippen molar-refractivity contribution in [3.8, 4) is 0 Å². The number of anilines is 1. The number of aromatic carboxylic acids is 1. The van der Waals surface area contributed by atoms with Crippen molar-refractivity contribution >= 4 is 11.8 Å². The molecule has 7 nitrogen and oxygen atoms in total. The fourth-order valence-electron chi connectivity index (χ4n) is 1.87. The summed E-state index contributed by atoms with van der Waals surface area (Å²) in [6, 6.07) is 3.18. The molecule has 0 radical (unpaired) electrons. The maximum absolute atomic E-state index is 11.1. The summed E-state index contributed by atoms with van der Waals surface area (Å²) >= 11 is 0. The first-order chi connectivity index (χ1) is 10.1. The summed E-state index contributed by atoms with van der Waals surface area (Å²) in [5, 5.41) is 19.9. The molecule has 0 fully saturated rings. The molecule has 0 bridgehead atoms. The summed E-state index contributed by atoms with van der Waals surface area (Å²) in [4.78, 5) is 15.6. The van der Waals surface area contributed by atoms with E-state index >= 15 is 0 Å². The van der Waals surface area contributed by atoms with Gasteiger partial charge in [0.2, 0.25) is 0 Å². The van der Waals surface area contributed by atoms with E-state index in [1.165, 1.54) is 0 Å². The summed E-state index contributed by atoms with van der Waals surface area (Å²) in [7, 11) is 0. The summed E-state index contributed by atoms with van der Waals surface area (Å²) in [5.41, 5.74) is 1.03. The van der Waals surface area contributed by atoms with E-state index in [0.29, 0.717) is 12.4 Å². The Kier molecular flexibility index (Phi) is 4.86. The van der Waals surface area contributed by atoms with Crippen LogP contribution in [0.15, 0.2) is 24.5 Å². The predicted molar refractivity (Wildman–Crippen MR) is 78.4 cm³/mol. The lowest BCUT2D eigenvalue weighted by atomic mass is 10.1. The third-order valence-corrected chi connectivity index (χ3v) is 3.03. The standard InChI is InChI=1S/C14H19N5O2/c1-10(2)12-8-11(14(20)21)9-13(17-12)15-4-3-6-19-7-5-16-18-19/h5,7-10H,3-4,6H2,1-2H3,(H,15,17)(H,20,21). The number of nitrogens with one attached hydrogen (secondary N) is 1. The van der Waals surface area contributed by atoms with Crippen LogP contribution in [-0.2, 0) is 6.54 Å². The van der Waals surface area contributed by atoms with E-state index in [2.05, 4.69) is 20.6 Å². The van der Waals surface area contributed by atoms with Crippen molar-refractivity contribution in [1.82, 2.24) is 20.0 Å². The van der Waals surface area contributed by atoms with Gasteiger partial charge in [0.1, 0.15) is 5.82 Å². The van der Waals surface area contributed by atoms with Crippen molar-refractivity contribution in [3.63, 3.8) is 0 Å². The zero-order valence-corrected chi connectivity index (χ0v) is 12.2. The largest absolute Gasteiger partial charge is 0.478 e. The highest BCUT2D eigenvalue weighted by Crippen LogP contribution is 2.17. The van der Waals surface area contributed by atoms with Crippen molar-refractivity contribution in [2.24, 2.45) is 0 Å². The van der Waals surface area contributed by atoms with Crippen LogP contribution in [0.4, 0.5) is 5.82 Å². The molecule has 0 unspecified atom stereocenters. The lowest BCUT2D eigenvalue weighted by Gasteiger charge is -2.11. The van der Waals surface area contributed by atoms with E-state index in [-0.39, 0.29) is 11.5 Å². The molecule has 7 heteroatoms. The molecule has 2 rings (SSSR count). The first-order valence-electron chi connectivity index (χ1n) is 6.89. The highest BCUT2D eigenvalue weighted by Gasteiger charge is 2.10. The molecule has 2 heterocycles. The van der Waals surface area contributed by atoms with Gasteiger partial charge in [-0.2, -0.15) is 0 Å². The molecule has 0 atom stereocenters. The molecule has 0 aliphatic heterocycles. The lowest BCUT2D eigenvalue weighted by Crippen LogP contribution is -2.10. The average molecular weight is 289 g/mol. The highest BCUT2D eigenvalue weighted by atomic mass is 16.4. The molecule has 0 aromatic carbocycles.